The third-order valence-electron chi connectivity index (χ3n) is 4.35. The molecule has 0 radical (unpaired) electrons. The van der Waals surface area contributed by atoms with E-state index in [0.717, 1.165) is 11.3 Å². The molecule has 1 N–H and O–H groups in total. The van der Waals surface area contributed by atoms with Gasteiger partial charge in [0.25, 0.3) is 0 Å². The lowest BCUT2D eigenvalue weighted by Gasteiger charge is -2.07. The smallest absolute Gasteiger partial charge is 0.338 e. The zero-order chi connectivity index (χ0) is 21.3. The highest BCUT2D eigenvalue weighted by molar-refractivity contribution is 6.14. The van der Waals surface area contributed by atoms with Crippen molar-refractivity contribution in [3.05, 3.63) is 101 Å². The van der Waals surface area contributed by atoms with Gasteiger partial charge in [0.2, 0.25) is 0 Å². The number of methoxy groups -OCH3 is 1. The second-order valence-electron chi connectivity index (χ2n) is 6.29. The van der Waals surface area contributed by atoms with Crippen molar-refractivity contribution in [3.8, 4) is 17.9 Å². The number of anilines is 1. The highest BCUT2D eigenvalue weighted by Crippen LogP contribution is 2.16. The maximum absolute atomic E-state index is 12.8. The number of carbonyl (C=O) groups is 2. The third kappa shape index (κ3) is 4.92. The molecule has 5 nitrogen and oxygen atoms in total. The van der Waals surface area contributed by atoms with Gasteiger partial charge in [-0.3, -0.25) is 4.79 Å². The molecule has 0 saturated carbocycles. The Hall–Kier alpha value is -4.35. The van der Waals surface area contributed by atoms with Gasteiger partial charge < -0.3 is 10.1 Å². The monoisotopic (exact) mass is 394 g/mol. The van der Waals surface area contributed by atoms with E-state index in [4.69, 9.17) is 10.00 Å². The zero-order valence-electron chi connectivity index (χ0n) is 16.3. The highest BCUT2D eigenvalue weighted by atomic mass is 16.5. The van der Waals surface area contributed by atoms with Gasteiger partial charge in [0.05, 0.1) is 30.9 Å². The van der Waals surface area contributed by atoms with Crippen LogP contribution >= 0.6 is 0 Å². The summed E-state index contributed by atoms with van der Waals surface area (Å²) in [5, 5.41) is 12.0. The summed E-state index contributed by atoms with van der Waals surface area (Å²) in [5.74, 6) is 5.25. The minimum Gasteiger partial charge on any atom is -0.465 e. The van der Waals surface area contributed by atoms with Crippen molar-refractivity contribution < 1.29 is 14.3 Å². The molecule has 3 aromatic carbocycles. The first kappa shape index (κ1) is 20.4. The Morgan fingerprint density at radius 2 is 1.53 bits per heavy atom. The first-order valence-electron chi connectivity index (χ1n) is 9.17. The quantitative estimate of drug-likeness (QED) is 0.401. The number of nitrogens with one attached hydrogen (secondary N) is 1. The molecule has 0 spiro atoms. The number of carbonyl (C=O) groups excluding carboxylic acids is 2. The topological polar surface area (TPSA) is 79.2 Å². The lowest BCUT2D eigenvalue weighted by molar-refractivity contribution is 0.0597. The number of hydrogen-bond acceptors (Lipinski definition) is 5. The van der Waals surface area contributed by atoms with E-state index < -0.39 is 5.97 Å². The van der Waals surface area contributed by atoms with Crippen LogP contribution in [0.2, 0.25) is 0 Å². The molecule has 3 rings (SSSR count). The fourth-order valence-corrected chi connectivity index (χ4v) is 2.78. The minimum atomic E-state index is -0.545. The molecule has 0 aliphatic carbocycles. The summed E-state index contributed by atoms with van der Waals surface area (Å²) in [4.78, 5) is 24.7. The van der Waals surface area contributed by atoms with E-state index in [9.17, 15) is 9.59 Å². The molecule has 0 aliphatic rings. The maximum Gasteiger partial charge on any atom is 0.338 e. The first-order chi connectivity index (χ1) is 14.6. The van der Waals surface area contributed by atoms with Crippen molar-refractivity contribution in [2.24, 2.45) is 0 Å². The summed E-state index contributed by atoms with van der Waals surface area (Å²) in [6.45, 7) is 0.444. The first-order valence-corrected chi connectivity index (χ1v) is 9.17. The van der Waals surface area contributed by atoms with Gasteiger partial charge >= 0.3 is 5.97 Å². The summed E-state index contributed by atoms with van der Waals surface area (Å²) in [6, 6.07) is 22.7. The molecule has 0 aromatic heterocycles. The van der Waals surface area contributed by atoms with Gasteiger partial charge in [0.15, 0.2) is 5.78 Å². The molecule has 30 heavy (non-hydrogen) atoms. The van der Waals surface area contributed by atoms with Crippen LogP contribution in [0.5, 0.6) is 0 Å². The molecule has 0 atom stereocenters. The van der Waals surface area contributed by atoms with Gasteiger partial charge in [0, 0.05) is 22.4 Å². The summed E-state index contributed by atoms with van der Waals surface area (Å²) in [7, 11) is 1.28. The van der Waals surface area contributed by atoms with Crippen LogP contribution in [-0.2, 0) is 4.74 Å². The number of nitrogens with zero attached hydrogens (tertiary/aromatic N) is 1. The van der Waals surface area contributed by atoms with Gasteiger partial charge in [-0.05, 0) is 54.6 Å². The number of ether oxygens (including phenoxy) is 1. The van der Waals surface area contributed by atoms with Gasteiger partial charge in [0.1, 0.15) is 0 Å². The third-order valence-corrected chi connectivity index (χ3v) is 4.35. The van der Waals surface area contributed by atoms with Crippen LogP contribution in [0.1, 0.15) is 37.4 Å². The van der Waals surface area contributed by atoms with Crippen molar-refractivity contribution in [1.82, 2.24) is 0 Å². The molecule has 0 saturated heterocycles. The molecule has 0 heterocycles. The number of rotatable bonds is 5. The van der Waals surface area contributed by atoms with Crippen molar-refractivity contribution >= 4 is 17.4 Å². The average Bonchev–Trinajstić information content (AvgIpc) is 2.81. The van der Waals surface area contributed by atoms with Crippen LogP contribution in [0.25, 0.3) is 0 Å². The highest BCUT2D eigenvalue weighted by Gasteiger charge is 2.18. The molecule has 3 aromatic rings. The zero-order valence-corrected chi connectivity index (χ0v) is 16.3. The van der Waals surface area contributed by atoms with Crippen LogP contribution in [0.15, 0.2) is 72.8 Å². The number of nitriles is 1. The standard InChI is InChI=1S/C25H18N2O3/c1-30-25(29)23-7-3-2-6-22(23)24(28)20-12-8-18(9-13-20)5-4-16-27-21-14-10-19(17-26)11-15-21/h2-3,6-15,27H,16H2,1H3. The molecular formula is C25H18N2O3. The minimum absolute atomic E-state index is 0.239. The number of esters is 1. The molecule has 0 unspecified atom stereocenters. The number of benzene rings is 3. The predicted molar refractivity (Wildman–Crippen MR) is 114 cm³/mol. The van der Waals surface area contributed by atoms with E-state index in [0.29, 0.717) is 23.2 Å². The molecular weight excluding hydrogens is 376 g/mol. The van der Waals surface area contributed by atoms with Crippen LogP contribution in [0.3, 0.4) is 0 Å². The van der Waals surface area contributed by atoms with Crippen LogP contribution in [-0.4, -0.2) is 25.4 Å². The van der Waals surface area contributed by atoms with E-state index >= 15 is 0 Å². The molecule has 0 amide bonds. The summed E-state index contributed by atoms with van der Waals surface area (Å²) in [5.41, 5.74) is 3.27. The fraction of sp³-hybridized carbons (Fsp3) is 0.0800. The van der Waals surface area contributed by atoms with E-state index in [2.05, 4.69) is 23.2 Å². The molecule has 0 aliphatic heterocycles. The summed E-state index contributed by atoms with van der Waals surface area (Å²) >= 11 is 0. The maximum atomic E-state index is 12.8. The second kappa shape index (κ2) is 9.73. The fourth-order valence-electron chi connectivity index (χ4n) is 2.78. The summed E-state index contributed by atoms with van der Waals surface area (Å²) in [6.07, 6.45) is 0. The predicted octanol–water partition coefficient (Wildman–Crippen LogP) is 4.04. The Kier molecular flexibility index (Phi) is 6.61. The van der Waals surface area contributed by atoms with Gasteiger partial charge in [-0.25, -0.2) is 4.79 Å². The van der Waals surface area contributed by atoms with Crippen molar-refractivity contribution in [3.63, 3.8) is 0 Å². The Morgan fingerprint density at radius 3 is 2.17 bits per heavy atom. The Bertz CT molecular complexity index is 1160. The van der Waals surface area contributed by atoms with Gasteiger partial charge in [-0.2, -0.15) is 5.26 Å². The Labute approximate surface area is 174 Å². The van der Waals surface area contributed by atoms with Crippen LogP contribution in [0, 0.1) is 23.2 Å². The number of hydrogen-bond donors (Lipinski definition) is 1. The molecule has 5 heteroatoms. The van der Waals surface area contributed by atoms with Crippen molar-refractivity contribution in [1.29, 1.82) is 5.26 Å². The van der Waals surface area contributed by atoms with Gasteiger partial charge in [-0.1, -0.05) is 30.0 Å². The van der Waals surface area contributed by atoms with Crippen molar-refractivity contribution in [2.45, 2.75) is 0 Å². The lowest BCUT2D eigenvalue weighted by Crippen LogP contribution is -2.11. The largest absolute Gasteiger partial charge is 0.465 e. The summed E-state index contributed by atoms with van der Waals surface area (Å²) < 4.78 is 4.75. The SMILES string of the molecule is COC(=O)c1ccccc1C(=O)c1ccc(C#CCNc2ccc(C#N)cc2)cc1. The Morgan fingerprint density at radius 1 is 0.900 bits per heavy atom. The van der Waals surface area contributed by atoms with E-state index in [-0.39, 0.29) is 11.3 Å². The van der Waals surface area contributed by atoms with Gasteiger partial charge in [-0.15, -0.1) is 0 Å². The normalized spacial score (nSPS) is 9.60. The van der Waals surface area contributed by atoms with Crippen LogP contribution < -0.4 is 5.32 Å². The van der Waals surface area contributed by atoms with Crippen LogP contribution in [0.4, 0.5) is 5.69 Å². The average molecular weight is 394 g/mol. The van der Waals surface area contributed by atoms with Crippen molar-refractivity contribution in [2.75, 3.05) is 19.0 Å². The van der Waals surface area contributed by atoms with E-state index in [1.54, 1.807) is 60.7 Å². The molecule has 0 fully saturated rings. The molecule has 0 bridgehead atoms. The second-order valence-corrected chi connectivity index (χ2v) is 6.29. The number of ketones is 1. The van der Waals surface area contributed by atoms with E-state index in [1.807, 2.05) is 12.1 Å². The molecule has 146 valence electrons. The van der Waals surface area contributed by atoms with E-state index in [1.165, 1.54) is 7.11 Å². The lowest BCUT2D eigenvalue weighted by atomic mass is 9.97. The Balaban J connectivity index is 1.66.